The molecule has 0 N–H and O–H groups in total. The lowest BCUT2D eigenvalue weighted by molar-refractivity contribution is 0.528. The second-order valence-electron chi connectivity index (χ2n) is 7.00. The molecule has 0 aliphatic carbocycles. The summed E-state index contributed by atoms with van der Waals surface area (Å²) in [6.45, 7) is 2.05. The monoisotopic (exact) mass is 425 g/mol. The molecule has 0 atom stereocenters. The van der Waals surface area contributed by atoms with Gasteiger partial charge in [0.25, 0.3) is 0 Å². The third kappa shape index (κ3) is 4.13. The number of rotatable bonds is 6. The minimum absolute atomic E-state index is 0.499. The van der Waals surface area contributed by atoms with Crippen molar-refractivity contribution in [1.29, 1.82) is 0 Å². The van der Waals surface area contributed by atoms with Gasteiger partial charge in [0.05, 0.1) is 5.75 Å². The van der Waals surface area contributed by atoms with Crippen LogP contribution in [-0.2, 0) is 5.75 Å². The van der Waals surface area contributed by atoms with Gasteiger partial charge in [-0.25, -0.2) is 0 Å². The Morgan fingerprint density at radius 3 is 2.19 bits per heavy atom. The molecule has 2 heterocycles. The van der Waals surface area contributed by atoms with Crippen LogP contribution in [0.3, 0.4) is 0 Å². The van der Waals surface area contributed by atoms with Crippen molar-refractivity contribution in [1.82, 2.24) is 25.0 Å². The highest BCUT2D eigenvalue weighted by atomic mass is 32.2. The minimum Gasteiger partial charge on any atom is -0.420 e. The van der Waals surface area contributed by atoms with Gasteiger partial charge in [-0.3, -0.25) is 4.57 Å². The molecular formula is C24H19N5OS. The molecular weight excluding hydrogens is 406 g/mol. The van der Waals surface area contributed by atoms with E-state index in [0.717, 1.165) is 27.8 Å². The zero-order valence-corrected chi connectivity index (χ0v) is 17.7. The number of nitrogens with zero attached hydrogens (tertiary/aromatic N) is 5. The third-order valence-electron chi connectivity index (χ3n) is 4.77. The third-order valence-corrected chi connectivity index (χ3v) is 5.68. The van der Waals surface area contributed by atoms with Crippen molar-refractivity contribution in [2.45, 2.75) is 17.8 Å². The molecule has 0 radical (unpaired) electrons. The summed E-state index contributed by atoms with van der Waals surface area (Å²) in [5.74, 6) is 2.35. The number of benzene rings is 3. The summed E-state index contributed by atoms with van der Waals surface area (Å²) >= 11 is 1.51. The van der Waals surface area contributed by atoms with E-state index in [-0.39, 0.29) is 0 Å². The molecule has 0 saturated heterocycles. The maximum atomic E-state index is 5.87. The Balaban J connectivity index is 1.42. The highest BCUT2D eigenvalue weighted by molar-refractivity contribution is 7.98. The van der Waals surface area contributed by atoms with E-state index in [1.165, 1.54) is 17.3 Å². The molecule has 0 spiro atoms. The molecule has 7 heteroatoms. The van der Waals surface area contributed by atoms with Gasteiger partial charge >= 0.3 is 0 Å². The highest BCUT2D eigenvalue weighted by Gasteiger charge is 2.17. The number of aryl methyl sites for hydroxylation is 1. The normalized spacial score (nSPS) is 11.0. The lowest BCUT2D eigenvalue weighted by atomic mass is 10.1. The van der Waals surface area contributed by atoms with Gasteiger partial charge in [-0.05, 0) is 31.2 Å². The van der Waals surface area contributed by atoms with Crippen LogP contribution in [0.4, 0.5) is 0 Å². The number of hydrogen-bond acceptors (Lipinski definition) is 6. The summed E-state index contributed by atoms with van der Waals surface area (Å²) in [6.07, 6.45) is 0. The molecule has 31 heavy (non-hydrogen) atoms. The smallest absolute Gasteiger partial charge is 0.247 e. The fourth-order valence-electron chi connectivity index (χ4n) is 3.20. The van der Waals surface area contributed by atoms with Gasteiger partial charge in [0.2, 0.25) is 11.8 Å². The molecule has 0 unspecified atom stereocenters. The van der Waals surface area contributed by atoms with Gasteiger partial charge in [-0.2, -0.15) is 0 Å². The summed E-state index contributed by atoms with van der Waals surface area (Å²) < 4.78 is 7.92. The average molecular weight is 426 g/mol. The first-order chi connectivity index (χ1) is 15.3. The fourth-order valence-corrected chi connectivity index (χ4v) is 3.99. The van der Waals surface area contributed by atoms with E-state index in [4.69, 9.17) is 4.42 Å². The van der Waals surface area contributed by atoms with Gasteiger partial charge in [-0.1, -0.05) is 78.0 Å². The number of aromatic nitrogens is 5. The van der Waals surface area contributed by atoms with E-state index in [0.29, 0.717) is 17.5 Å². The number of hydrogen-bond donors (Lipinski definition) is 0. The highest BCUT2D eigenvalue weighted by Crippen LogP contribution is 2.30. The van der Waals surface area contributed by atoms with Crippen LogP contribution in [0, 0.1) is 6.92 Å². The Morgan fingerprint density at radius 1 is 0.742 bits per heavy atom. The zero-order valence-electron chi connectivity index (χ0n) is 16.8. The fraction of sp³-hybridized carbons (Fsp3) is 0.0833. The van der Waals surface area contributed by atoms with Crippen LogP contribution in [0.1, 0.15) is 11.5 Å². The first-order valence-corrected chi connectivity index (χ1v) is 10.8. The van der Waals surface area contributed by atoms with E-state index in [9.17, 15) is 0 Å². The molecule has 3 aromatic carbocycles. The Morgan fingerprint density at radius 2 is 1.45 bits per heavy atom. The molecule has 6 nitrogen and oxygen atoms in total. The molecule has 0 bridgehead atoms. The van der Waals surface area contributed by atoms with Crippen molar-refractivity contribution in [3.8, 4) is 28.5 Å². The van der Waals surface area contributed by atoms with Crippen LogP contribution in [0.5, 0.6) is 0 Å². The van der Waals surface area contributed by atoms with Crippen LogP contribution in [0.2, 0.25) is 0 Å². The topological polar surface area (TPSA) is 69.6 Å². The summed E-state index contributed by atoms with van der Waals surface area (Å²) in [5, 5.41) is 18.1. The van der Waals surface area contributed by atoms with E-state index in [1.54, 1.807) is 0 Å². The minimum atomic E-state index is 0.499. The molecule has 0 amide bonds. The molecule has 5 aromatic rings. The Bertz CT molecular complexity index is 1280. The number of para-hydroxylation sites is 1. The first-order valence-electron chi connectivity index (χ1n) is 9.86. The summed E-state index contributed by atoms with van der Waals surface area (Å²) in [4.78, 5) is 0. The predicted octanol–water partition coefficient (Wildman–Crippen LogP) is 5.59. The molecule has 0 fully saturated rings. The second-order valence-corrected chi connectivity index (χ2v) is 7.94. The van der Waals surface area contributed by atoms with Crippen molar-refractivity contribution >= 4 is 11.8 Å². The number of thioether (sulfide) groups is 1. The quantitative estimate of drug-likeness (QED) is 0.331. The maximum absolute atomic E-state index is 5.87. The van der Waals surface area contributed by atoms with Crippen LogP contribution in [0.25, 0.3) is 28.5 Å². The largest absolute Gasteiger partial charge is 0.420 e. The van der Waals surface area contributed by atoms with Gasteiger partial charge in [-0.15, -0.1) is 20.4 Å². The molecule has 5 rings (SSSR count). The molecule has 0 aliphatic rings. The van der Waals surface area contributed by atoms with Crippen LogP contribution < -0.4 is 0 Å². The maximum Gasteiger partial charge on any atom is 0.247 e. The molecule has 152 valence electrons. The van der Waals surface area contributed by atoms with Crippen molar-refractivity contribution < 1.29 is 4.42 Å². The lowest BCUT2D eigenvalue weighted by Gasteiger charge is -2.09. The van der Waals surface area contributed by atoms with Gasteiger partial charge in [0.15, 0.2) is 11.0 Å². The molecule has 2 aromatic heterocycles. The SMILES string of the molecule is Cc1ccc(-c2nnc(CSc3nnc(-c4ccccc4)n3-c3ccccc3)o2)cc1. The Labute approximate surface area is 184 Å². The standard InChI is InChI=1S/C24H19N5OS/c1-17-12-14-19(15-13-17)23-27-25-21(30-23)16-31-24-28-26-22(18-8-4-2-5-9-18)29(24)20-10-6-3-7-11-20/h2-15H,16H2,1H3. The zero-order chi connectivity index (χ0) is 21.0. The molecule has 0 saturated carbocycles. The predicted molar refractivity (Wildman–Crippen MR) is 121 cm³/mol. The van der Waals surface area contributed by atoms with Crippen molar-refractivity contribution in [3.63, 3.8) is 0 Å². The van der Waals surface area contributed by atoms with E-state index in [2.05, 4.69) is 25.0 Å². The van der Waals surface area contributed by atoms with Crippen molar-refractivity contribution in [2.75, 3.05) is 0 Å². The Kier molecular flexibility index (Phi) is 5.33. The average Bonchev–Trinajstić information content (AvgIpc) is 3.47. The summed E-state index contributed by atoms with van der Waals surface area (Å²) in [7, 11) is 0. The van der Waals surface area contributed by atoms with E-state index in [1.807, 2.05) is 91.9 Å². The van der Waals surface area contributed by atoms with Crippen LogP contribution in [0.15, 0.2) is 94.5 Å². The van der Waals surface area contributed by atoms with E-state index < -0.39 is 0 Å². The van der Waals surface area contributed by atoms with Crippen LogP contribution >= 0.6 is 11.8 Å². The first kappa shape index (κ1) is 19.3. The van der Waals surface area contributed by atoms with Crippen LogP contribution in [-0.4, -0.2) is 25.0 Å². The van der Waals surface area contributed by atoms with Gasteiger partial charge in [0, 0.05) is 16.8 Å². The van der Waals surface area contributed by atoms with Gasteiger partial charge < -0.3 is 4.42 Å². The van der Waals surface area contributed by atoms with E-state index >= 15 is 0 Å². The summed E-state index contributed by atoms with van der Waals surface area (Å²) in [6, 6.07) is 28.2. The second kappa shape index (κ2) is 8.57. The molecule has 0 aliphatic heterocycles. The van der Waals surface area contributed by atoms with Gasteiger partial charge in [0.1, 0.15) is 0 Å². The van der Waals surface area contributed by atoms with Crippen molar-refractivity contribution in [3.05, 3.63) is 96.4 Å². The van der Waals surface area contributed by atoms with Crippen molar-refractivity contribution in [2.24, 2.45) is 0 Å². The lowest BCUT2D eigenvalue weighted by Crippen LogP contribution is -1.99. The Hall–Kier alpha value is -3.71. The summed E-state index contributed by atoms with van der Waals surface area (Å²) in [5.41, 5.74) is 4.10.